The summed E-state index contributed by atoms with van der Waals surface area (Å²) in [6.07, 6.45) is 7.69. The molecular weight excluding hydrogens is 393 g/mol. The van der Waals surface area contributed by atoms with Crippen molar-refractivity contribution in [2.24, 2.45) is 0 Å². The lowest BCUT2D eigenvalue weighted by Crippen LogP contribution is -2.23. The Hall–Kier alpha value is -2.14. The van der Waals surface area contributed by atoms with E-state index < -0.39 is 11.4 Å². The van der Waals surface area contributed by atoms with Crippen LogP contribution in [-0.4, -0.2) is 21.7 Å². The van der Waals surface area contributed by atoms with E-state index in [1.165, 1.54) is 18.2 Å². The normalized spacial score (nSPS) is 11.5. The molecule has 1 heterocycles. The largest absolute Gasteiger partial charge is 0.506 e. The number of nitrogens with zero attached hydrogens (tertiary/aromatic N) is 1. The number of carbonyl (C=O) groups excluding carboxylic acids is 1. The van der Waals surface area contributed by atoms with Crippen molar-refractivity contribution in [1.82, 2.24) is 4.98 Å². The molecule has 0 saturated heterocycles. The first kappa shape index (κ1) is 23.1. The number of aromatic hydroxyl groups is 1. The summed E-state index contributed by atoms with van der Waals surface area (Å²) in [6, 6.07) is 6.02. The Labute approximate surface area is 177 Å². The molecule has 0 saturated carbocycles. The number of ether oxygens (including phenoxy) is 1. The minimum absolute atomic E-state index is 0.0430. The molecule has 0 unspecified atom stereocenters. The fourth-order valence-corrected chi connectivity index (χ4v) is 3.18. The van der Waals surface area contributed by atoms with Crippen LogP contribution in [0.1, 0.15) is 64.9 Å². The number of esters is 1. The number of benzene rings is 1. The molecule has 0 bridgehead atoms. The first-order valence-electron chi connectivity index (χ1n) is 10.0. The fraction of sp³-hybridized carbons (Fsp3) is 0.478. The molecule has 0 amide bonds. The molecule has 4 nitrogen and oxygen atoms in total. The van der Waals surface area contributed by atoms with Crippen molar-refractivity contribution in [1.29, 1.82) is 0 Å². The predicted octanol–water partition coefficient (Wildman–Crippen LogP) is 6.47. The molecular formula is C23H29ClFNO3. The summed E-state index contributed by atoms with van der Waals surface area (Å²) in [4.78, 5) is 15.9. The second-order valence-electron chi connectivity index (χ2n) is 8.19. The molecule has 6 heteroatoms. The third-order valence-electron chi connectivity index (χ3n) is 4.39. The molecule has 2 rings (SSSR count). The van der Waals surface area contributed by atoms with Crippen LogP contribution in [0.2, 0.25) is 5.02 Å². The van der Waals surface area contributed by atoms with Gasteiger partial charge in [-0.15, -0.1) is 0 Å². The van der Waals surface area contributed by atoms with Crippen LogP contribution < -0.4 is 0 Å². The summed E-state index contributed by atoms with van der Waals surface area (Å²) in [7, 11) is 0. The van der Waals surface area contributed by atoms with Gasteiger partial charge in [-0.3, -0.25) is 9.78 Å². The van der Waals surface area contributed by atoms with Crippen molar-refractivity contribution in [2.75, 3.05) is 0 Å². The highest BCUT2D eigenvalue weighted by Crippen LogP contribution is 2.30. The summed E-state index contributed by atoms with van der Waals surface area (Å²) in [6.45, 7) is 5.61. The average molecular weight is 422 g/mol. The van der Waals surface area contributed by atoms with Crippen molar-refractivity contribution < 1.29 is 19.0 Å². The number of hydrogen-bond donors (Lipinski definition) is 1. The van der Waals surface area contributed by atoms with Gasteiger partial charge in [-0.05, 0) is 69.9 Å². The summed E-state index contributed by atoms with van der Waals surface area (Å²) in [5.74, 6) is -0.589. The molecule has 2 aromatic rings. The van der Waals surface area contributed by atoms with Crippen LogP contribution in [0.4, 0.5) is 4.39 Å². The fourth-order valence-electron chi connectivity index (χ4n) is 3.00. The highest BCUT2D eigenvalue weighted by molar-refractivity contribution is 6.32. The first-order valence-corrected chi connectivity index (χ1v) is 10.4. The van der Waals surface area contributed by atoms with Gasteiger partial charge < -0.3 is 9.84 Å². The second kappa shape index (κ2) is 10.6. The summed E-state index contributed by atoms with van der Waals surface area (Å²) >= 11 is 5.89. The van der Waals surface area contributed by atoms with Crippen molar-refractivity contribution >= 4 is 17.6 Å². The molecule has 1 aromatic heterocycles. The molecule has 0 fully saturated rings. The Balaban J connectivity index is 1.72. The van der Waals surface area contributed by atoms with Crippen molar-refractivity contribution in [2.45, 2.75) is 71.3 Å². The van der Waals surface area contributed by atoms with Crippen LogP contribution >= 0.6 is 11.6 Å². The van der Waals surface area contributed by atoms with Gasteiger partial charge in [0, 0.05) is 18.2 Å². The number of hydrogen-bond acceptors (Lipinski definition) is 4. The molecule has 0 atom stereocenters. The number of unbranched alkanes of at least 4 members (excludes halogenated alkanes) is 4. The number of carbonyl (C=O) groups is 1. The van der Waals surface area contributed by atoms with Gasteiger partial charge >= 0.3 is 5.97 Å². The highest BCUT2D eigenvalue weighted by Gasteiger charge is 2.15. The van der Waals surface area contributed by atoms with E-state index in [1.54, 1.807) is 12.3 Å². The topological polar surface area (TPSA) is 59.4 Å². The van der Waals surface area contributed by atoms with E-state index >= 15 is 0 Å². The van der Waals surface area contributed by atoms with Gasteiger partial charge in [0.25, 0.3) is 0 Å². The van der Waals surface area contributed by atoms with Gasteiger partial charge in [0.1, 0.15) is 22.9 Å². The SMILES string of the molecule is CC(C)(C)OC(=O)CCCCCCCc1cnc(-c2ccc(O)c(Cl)c2)c(F)c1. The predicted molar refractivity (Wildman–Crippen MR) is 114 cm³/mol. The molecule has 158 valence electrons. The highest BCUT2D eigenvalue weighted by atomic mass is 35.5. The van der Waals surface area contributed by atoms with Crippen molar-refractivity contribution in [3.63, 3.8) is 0 Å². The molecule has 29 heavy (non-hydrogen) atoms. The van der Waals surface area contributed by atoms with Crippen LogP contribution in [0, 0.1) is 5.82 Å². The minimum Gasteiger partial charge on any atom is -0.506 e. The quantitative estimate of drug-likeness (QED) is 0.372. The lowest BCUT2D eigenvalue weighted by Gasteiger charge is -2.19. The zero-order chi connectivity index (χ0) is 21.4. The molecule has 0 spiro atoms. The summed E-state index contributed by atoms with van der Waals surface area (Å²) in [5.41, 5.74) is 1.18. The third kappa shape index (κ3) is 8.01. The van der Waals surface area contributed by atoms with Crippen molar-refractivity contribution in [3.8, 4) is 17.0 Å². The van der Waals surface area contributed by atoms with Gasteiger partial charge in [-0.1, -0.05) is 30.9 Å². The van der Waals surface area contributed by atoms with Gasteiger partial charge in [-0.25, -0.2) is 4.39 Å². The first-order chi connectivity index (χ1) is 13.7. The van der Waals surface area contributed by atoms with Crippen LogP contribution in [0.3, 0.4) is 0 Å². The lowest BCUT2D eigenvalue weighted by molar-refractivity contribution is -0.154. The van der Waals surface area contributed by atoms with Gasteiger partial charge in [0.2, 0.25) is 0 Å². The molecule has 0 radical (unpaired) electrons. The number of aromatic nitrogens is 1. The second-order valence-corrected chi connectivity index (χ2v) is 8.60. The summed E-state index contributed by atoms with van der Waals surface area (Å²) < 4.78 is 19.7. The third-order valence-corrected chi connectivity index (χ3v) is 4.69. The molecule has 0 aliphatic heterocycles. The van der Waals surface area contributed by atoms with Crippen LogP contribution in [-0.2, 0) is 16.0 Å². The number of phenols is 1. The molecule has 0 aliphatic carbocycles. The number of aryl methyl sites for hydroxylation is 1. The Morgan fingerprint density at radius 1 is 1.14 bits per heavy atom. The Bertz CT molecular complexity index is 833. The van der Waals surface area contributed by atoms with E-state index in [0.29, 0.717) is 12.0 Å². The van der Waals surface area contributed by atoms with Crippen LogP contribution in [0.15, 0.2) is 30.5 Å². The maximum absolute atomic E-state index is 14.4. The Morgan fingerprint density at radius 3 is 2.48 bits per heavy atom. The lowest BCUT2D eigenvalue weighted by atomic mass is 10.0. The maximum atomic E-state index is 14.4. The summed E-state index contributed by atoms with van der Waals surface area (Å²) in [5, 5.41) is 9.65. The van der Waals surface area contributed by atoms with Crippen molar-refractivity contribution in [3.05, 3.63) is 46.9 Å². The molecule has 0 aliphatic rings. The zero-order valence-electron chi connectivity index (χ0n) is 17.3. The monoisotopic (exact) mass is 421 g/mol. The van der Waals surface area contributed by atoms with Crippen LogP contribution in [0.25, 0.3) is 11.3 Å². The molecule has 1 N–H and O–H groups in total. The Kier molecular flexibility index (Phi) is 8.45. The number of pyridine rings is 1. The van der Waals surface area contributed by atoms with E-state index in [9.17, 15) is 14.3 Å². The van der Waals surface area contributed by atoms with E-state index in [1.807, 2.05) is 20.8 Å². The number of rotatable bonds is 9. The van der Waals surface area contributed by atoms with E-state index in [0.717, 1.165) is 44.1 Å². The van der Waals surface area contributed by atoms with Gasteiger partial charge in [-0.2, -0.15) is 0 Å². The number of phenolic OH excluding ortho intramolecular Hbond substituents is 1. The average Bonchev–Trinajstić information content (AvgIpc) is 2.62. The number of halogens is 2. The van der Waals surface area contributed by atoms with Crippen LogP contribution in [0.5, 0.6) is 5.75 Å². The molecule has 1 aromatic carbocycles. The zero-order valence-corrected chi connectivity index (χ0v) is 18.1. The Morgan fingerprint density at radius 2 is 1.83 bits per heavy atom. The van der Waals surface area contributed by atoms with Gasteiger partial charge in [0.15, 0.2) is 0 Å². The smallest absolute Gasteiger partial charge is 0.306 e. The van der Waals surface area contributed by atoms with E-state index in [4.69, 9.17) is 16.3 Å². The maximum Gasteiger partial charge on any atom is 0.306 e. The van der Waals surface area contributed by atoms with Gasteiger partial charge in [0.05, 0.1) is 5.02 Å². The van der Waals surface area contributed by atoms with E-state index in [-0.39, 0.29) is 22.4 Å². The van der Waals surface area contributed by atoms with E-state index in [2.05, 4.69) is 4.98 Å². The standard InChI is InChI=1S/C23H29ClFNO3/c1-23(2,3)29-21(28)10-8-6-4-5-7-9-16-13-19(25)22(26-15-16)17-11-12-20(27)18(24)14-17/h11-15,27H,4-10H2,1-3H3. The minimum atomic E-state index is -0.426.